The summed E-state index contributed by atoms with van der Waals surface area (Å²) in [5.74, 6) is -3.79. The van der Waals surface area contributed by atoms with Gasteiger partial charge in [0.05, 0.1) is 41.1 Å². The molecule has 4 aromatic rings. The molecule has 3 fully saturated rings. The zero-order chi connectivity index (χ0) is 53.1. The Balaban J connectivity index is 1.05. The van der Waals surface area contributed by atoms with Crippen molar-refractivity contribution in [2.45, 2.75) is 178 Å². The molecule has 4 heterocycles. The number of hydrogen-bond acceptors (Lipinski definition) is 18. The van der Waals surface area contributed by atoms with Gasteiger partial charge in [0.2, 0.25) is 5.91 Å². The normalized spacial score (nSPS) is 29.7. The Labute approximate surface area is 427 Å². The Morgan fingerprint density at radius 3 is 2.38 bits per heavy atom. The fraction of sp³-hybridized carbons (Fsp3) is 0.627. The molecule has 1 saturated carbocycles. The van der Waals surface area contributed by atoms with Crippen molar-refractivity contribution in [3.8, 4) is 0 Å². The number of unbranched alkanes of at least 4 members (excludes halogenated alkanes) is 4. The molecule has 7 N–H and O–H groups in total. The van der Waals surface area contributed by atoms with Gasteiger partial charge in [0.15, 0.2) is 24.8 Å². The van der Waals surface area contributed by atoms with E-state index < -0.39 is 115 Å². The number of aliphatic carboxylic acids is 1. The van der Waals surface area contributed by atoms with Crippen LogP contribution >= 0.6 is 0 Å². The molecule has 9 unspecified atom stereocenters. The molecular weight excluding hydrogens is 969 g/mol. The fourth-order valence-corrected chi connectivity index (χ4v) is 9.95. The van der Waals surface area contributed by atoms with E-state index in [0.717, 1.165) is 43.0 Å². The van der Waals surface area contributed by atoms with E-state index in [-0.39, 0.29) is 43.0 Å². The van der Waals surface area contributed by atoms with Crippen molar-refractivity contribution < 1.29 is 78.4 Å². The van der Waals surface area contributed by atoms with Crippen LogP contribution in [0.15, 0.2) is 67.0 Å². The topological polar surface area (TPSA) is 319 Å². The number of aryl methyl sites for hydroxylation is 2. The third-order valence-corrected chi connectivity index (χ3v) is 14.1. The van der Waals surface area contributed by atoms with Crippen molar-refractivity contribution in [3.63, 3.8) is 0 Å². The Morgan fingerprint density at radius 2 is 1.65 bits per heavy atom. The first-order valence-corrected chi connectivity index (χ1v) is 25.6. The Hall–Kier alpha value is -5.47. The molecule has 7 rings (SSSR count). The molecule has 0 radical (unpaired) electrons. The lowest BCUT2D eigenvalue weighted by Crippen LogP contribution is -2.64. The predicted octanol–water partition coefficient (Wildman–Crippen LogP) is 3.04. The minimum Gasteiger partial charge on any atom is -0.479 e. The number of nitro groups is 1. The minimum absolute atomic E-state index is 0.0428. The smallest absolute Gasteiger partial charge is 0.338 e. The summed E-state index contributed by atoms with van der Waals surface area (Å²) in [6, 6.07) is 14.6. The molecule has 3 aliphatic rings. The summed E-state index contributed by atoms with van der Waals surface area (Å²) in [6.45, 7) is 6.02. The number of nitrogens with one attached hydrogen (secondary N) is 1. The molecule has 2 saturated heterocycles. The van der Waals surface area contributed by atoms with Gasteiger partial charge in [-0.15, -0.1) is 5.10 Å². The van der Waals surface area contributed by atoms with Crippen LogP contribution in [-0.4, -0.2) is 166 Å². The molecule has 2 aromatic heterocycles. The molecule has 1 amide bonds. The molecule has 23 nitrogen and oxygen atoms in total. The summed E-state index contributed by atoms with van der Waals surface area (Å²) < 4.78 is 41.0. The van der Waals surface area contributed by atoms with Gasteiger partial charge in [-0.05, 0) is 69.2 Å². The average molecular weight is 1040 g/mol. The third kappa shape index (κ3) is 14.1. The Kier molecular flexibility index (Phi) is 20.0. The maximum atomic E-state index is 14.1. The number of nitrogens with zero attached hydrogens (tertiary/aromatic N) is 5. The SMILES string of the molecule is CCCCCC[C@H](OC1C(OC(=O)c2ccccc2)[C@H](O[C@@H]2CC(C(=O)NCCc3cn(CCCCn4ccc5cc([N+](=O)[O-])ccc54)nn3)CC(C)C2O[C@@H]2OC(C)[C@@H](O)C(O)C2O)OC(CO)[C@@H]1O)C(=O)O. The monoisotopic (exact) mass is 1040 g/mol. The van der Waals surface area contributed by atoms with Gasteiger partial charge in [-0.3, -0.25) is 19.6 Å². The quantitative estimate of drug-likeness (QED) is 0.0217. The molecule has 0 spiro atoms. The molecule has 23 heteroatoms. The highest BCUT2D eigenvalue weighted by atomic mass is 16.7. The van der Waals surface area contributed by atoms with E-state index in [1.54, 1.807) is 41.9 Å². The maximum absolute atomic E-state index is 14.1. The average Bonchev–Trinajstić information content (AvgIpc) is 4.03. The van der Waals surface area contributed by atoms with Crippen LogP contribution in [0, 0.1) is 22.0 Å². The minimum atomic E-state index is -1.71. The summed E-state index contributed by atoms with van der Waals surface area (Å²) in [6.07, 6.45) is -9.98. The molecule has 0 bridgehead atoms. The van der Waals surface area contributed by atoms with Gasteiger partial charge in [-0.1, -0.05) is 62.9 Å². The number of nitro benzene ring substituents is 1. The molecule has 2 aromatic carbocycles. The summed E-state index contributed by atoms with van der Waals surface area (Å²) in [5.41, 5.74) is 1.72. The summed E-state index contributed by atoms with van der Waals surface area (Å²) >= 11 is 0. The molecule has 15 atom stereocenters. The lowest BCUT2D eigenvalue weighted by atomic mass is 9.77. The number of benzene rings is 2. The van der Waals surface area contributed by atoms with Gasteiger partial charge in [0.1, 0.15) is 36.6 Å². The highest BCUT2D eigenvalue weighted by molar-refractivity contribution is 5.89. The van der Waals surface area contributed by atoms with Gasteiger partial charge in [0, 0.05) is 67.4 Å². The van der Waals surface area contributed by atoms with E-state index in [1.807, 2.05) is 25.4 Å². The first kappa shape index (κ1) is 56.3. The number of carbonyl (C=O) groups excluding carboxylic acids is 2. The van der Waals surface area contributed by atoms with Crippen LogP contribution in [0.3, 0.4) is 0 Å². The molecular formula is C51H70N6O17. The van der Waals surface area contributed by atoms with Crippen molar-refractivity contribution in [1.82, 2.24) is 24.9 Å². The van der Waals surface area contributed by atoms with Crippen molar-refractivity contribution in [2.24, 2.45) is 11.8 Å². The number of amides is 1. The Bertz CT molecular complexity index is 2460. The summed E-state index contributed by atoms with van der Waals surface area (Å²) in [4.78, 5) is 51.3. The van der Waals surface area contributed by atoms with Gasteiger partial charge in [-0.2, -0.15) is 0 Å². The van der Waals surface area contributed by atoms with E-state index in [0.29, 0.717) is 31.6 Å². The molecule has 2 aliphatic heterocycles. The van der Waals surface area contributed by atoms with Crippen molar-refractivity contribution in [3.05, 3.63) is 88.4 Å². The molecule has 406 valence electrons. The van der Waals surface area contributed by atoms with Crippen LogP contribution in [0.25, 0.3) is 10.9 Å². The Morgan fingerprint density at radius 1 is 0.878 bits per heavy atom. The van der Waals surface area contributed by atoms with Crippen LogP contribution in [-0.2, 0) is 57.5 Å². The second kappa shape index (κ2) is 26.3. The third-order valence-electron chi connectivity index (χ3n) is 14.1. The second-order valence-corrected chi connectivity index (χ2v) is 19.6. The zero-order valence-corrected chi connectivity index (χ0v) is 41.8. The van der Waals surface area contributed by atoms with E-state index in [2.05, 4.69) is 20.2 Å². The maximum Gasteiger partial charge on any atom is 0.338 e. The van der Waals surface area contributed by atoms with E-state index in [4.69, 9.17) is 28.4 Å². The highest BCUT2D eigenvalue weighted by Crippen LogP contribution is 2.39. The van der Waals surface area contributed by atoms with Crippen LogP contribution < -0.4 is 5.32 Å². The lowest BCUT2D eigenvalue weighted by molar-refractivity contribution is -0.384. The number of aliphatic hydroxyl groups excluding tert-OH is 5. The van der Waals surface area contributed by atoms with E-state index >= 15 is 0 Å². The number of carbonyl (C=O) groups is 3. The van der Waals surface area contributed by atoms with E-state index in [1.165, 1.54) is 25.1 Å². The van der Waals surface area contributed by atoms with Crippen LogP contribution in [0.2, 0.25) is 0 Å². The standard InChI is InChI=1S/C51H70N6O17/c1-4-5-6-10-15-37(48(64)65)70-45-41(60)39(28-58)72-51(46(45)73-49(66)31-13-8-7-9-14-31)71-38-26-33(24-29(2)44(38)74-50-43(62)42(61)40(59)30(3)69-50)47(63)52-20-18-34-27-56(54-53-34)22-12-11-21-55-23-19-32-25-35(57(67)68)16-17-36(32)55/h7-9,13-14,16-17,19,23,25,27,29-30,33,37-46,50-51,58-62H,4-6,10-12,15,18,20-22,24,26,28H2,1-3H3,(H,52,63)(H,64,65)/t29?,30?,33?,37-,38+,39?,40+,41-,42?,43?,44?,45?,46?,50-,51+/m0/s1. The first-order chi connectivity index (χ1) is 35.6. The van der Waals surface area contributed by atoms with Gasteiger partial charge < -0.3 is 68.9 Å². The number of rotatable bonds is 25. The van der Waals surface area contributed by atoms with Gasteiger partial charge >= 0.3 is 11.9 Å². The van der Waals surface area contributed by atoms with Crippen molar-refractivity contribution in [1.29, 1.82) is 0 Å². The number of non-ortho nitro benzene ring substituents is 1. The number of aliphatic hydroxyl groups is 5. The number of carboxylic acids is 1. The van der Waals surface area contributed by atoms with Crippen LogP contribution in [0.4, 0.5) is 5.69 Å². The van der Waals surface area contributed by atoms with Crippen LogP contribution in [0.1, 0.15) is 94.6 Å². The lowest BCUT2D eigenvalue weighted by Gasteiger charge is -2.48. The van der Waals surface area contributed by atoms with Gasteiger partial charge in [-0.25, -0.2) is 9.59 Å². The number of hydrogen-bond donors (Lipinski definition) is 7. The van der Waals surface area contributed by atoms with Crippen molar-refractivity contribution >= 4 is 34.4 Å². The fourth-order valence-electron chi connectivity index (χ4n) is 9.95. The van der Waals surface area contributed by atoms with Crippen LogP contribution in [0.5, 0.6) is 0 Å². The van der Waals surface area contributed by atoms with Crippen molar-refractivity contribution in [2.75, 3.05) is 13.2 Å². The second-order valence-electron chi connectivity index (χ2n) is 19.6. The first-order valence-electron chi connectivity index (χ1n) is 25.6. The zero-order valence-electron chi connectivity index (χ0n) is 41.8. The predicted molar refractivity (Wildman–Crippen MR) is 261 cm³/mol. The number of aromatic nitrogens is 4. The number of esters is 1. The summed E-state index contributed by atoms with van der Waals surface area (Å²) in [7, 11) is 0. The largest absolute Gasteiger partial charge is 0.479 e. The number of carboxylic acid groups (broad SMARTS) is 1. The summed E-state index contributed by atoms with van der Waals surface area (Å²) in [5, 5.41) is 88.1. The number of ether oxygens (including phenoxy) is 6. The van der Waals surface area contributed by atoms with E-state index in [9.17, 15) is 55.1 Å². The molecule has 74 heavy (non-hydrogen) atoms. The molecule has 1 aliphatic carbocycles. The van der Waals surface area contributed by atoms with Gasteiger partial charge in [0.25, 0.3) is 5.69 Å². The number of fused-ring (bicyclic) bond motifs is 1. The highest BCUT2D eigenvalue weighted by Gasteiger charge is 2.53.